The molecule has 0 spiro atoms. The predicted octanol–water partition coefficient (Wildman–Crippen LogP) is 1.27. The van der Waals surface area contributed by atoms with Crippen LogP contribution in [0.3, 0.4) is 0 Å². The average molecular weight is 374 g/mol. The standard InChI is InChI=1S/C13H18N4O.HI/c1-3-7-16-13(15-4-2)17-9-10-18-12-6-5-8-14-11-12;/h1,5-6,8,11H,4,7,9-10H2,2H3,(H2,15,16,17);1H. The van der Waals surface area contributed by atoms with Gasteiger partial charge in [0.25, 0.3) is 0 Å². The molecule has 0 aromatic carbocycles. The number of hydrogen-bond acceptors (Lipinski definition) is 3. The number of aromatic nitrogens is 1. The molecule has 0 unspecified atom stereocenters. The van der Waals surface area contributed by atoms with Crippen molar-refractivity contribution in [3.8, 4) is 18.1 Å². The highest BCUT2D eigenvalue weighted by atomic mass is 127. The summed E-state index contributed by atoms with van der Waals surface area (Å²) < 4.78 is 5.47. The largest absolute Gasteiger partial charge is 0.490 e. The van der Waals surface area contributed by atoms with Gasteiger partial charge in [-0.05, 0) is 19.1 Å². The molecule has 0 saturated carbocycles. The van der Waals surface area contributed by atoms with Crippen molar-refractivity contribution in [2.24, 2.45) is 4.99 Å². The lowest BCUT2D eigenvalue weighted by atomic mass is 10.5. The first-order chi connectivity index (χ1) is 8.86. The Hall–Kier alpha value is -1.49. The molecule has 0 saturated heterocycles. The van der Waals surface area contributed by atoms with Crippen LogP contribution in [0.1, 0.15) is 6.92 Å². The third-order valence-electron chi connectivity index (χ3n) is 1.97. The number of pyridine rings is 1. The molecule has 0 fully saturated rings. The first-order valence-electron chi connectivity index (χ1n) is 5.85. The van der Waals surface area contributed by atoms with Crippen molar-refractivity contribution >= 4 is 29.9 Å². The fraction of sp³-hybridized carbons (Fsp3) is 0.385. The summed E-state index contributed by atoms with van der Waals surface area (Å²) in [5.74, 6) is 3.95. The number of ether oxygens (including phenoxy) is 1. The Morgan fingerprint density at radius 2 is 2.37 bits per heavy atom. The minimum absolute atomic E-state index is 0. The van der Waals surface area contributed by atoms with Gasteiger partial charge in [-0.15, -0.1) is 30.4 Å². The van der Waals surface area contributed by atoms with E-state index in [1.165, 1.54) is 0 Å². The van der Waals surface area contributed by atoms with Crippen molar-refractivity contribution in [2.75, 3.05) is 26.2 Å². The minimum atomic E-state index is 0. The predicted molar refractivity (Wildman–Crippen MR) is 88.0 cm³/mol. The molecule has 1 aromatic rings. The van der Waals surface area contributed by atoms with E-state index in [0.717, 1.165) is 12.3 Å². The maximum Gasteiger partial charge on any atom is 0.192 e. The van der Waals surface area contributed by atoms with Crippen LogP contribution >= 0.6 is 24.0 Å². The van der Waals surface area contributed by atoms with Crippen LogP contribution in [0.25, 0.3) is 0 Å². The highest BCUT2D eigenvalue weighted by Gasteiger charge is 1.95. The molecule has 0 atom stereocenters. The zero-order valence-corrected chi connectivity index (χ0v) is 13.3. The van der Waals surface area contributed by atoms with E-state index in [2.05, 4.69) is 26.5 Å². The monoisotopic (exact) mass is 374 g/mol. The number of hydrogen-bond donors (Lipinski definition) is 2. The Labute approximate surface area is 131 Å². The zero-order chi connectivity index (χ0) is 13.1. The molecule has 1 aromatic heterocycles. The number of nitrogens with zero attached hydrogens (tertiary/aromatic N) is 2. The van der Waals surface area contributed by atoms with Crippen LogP contribution in [-0.2, 0) is 0 Å². The second-order valence-electron chi connectivity index (χ2n) is 3.36. The molecule has 104 valence electrons. The summed E-state index contributed by atoms with van der Waals surface area (Å²) in [7, 11) is 0. The van der Waals surface area contributed by atoms with E-state index in [1.807, 2.05) is 19.1 Å². The molecule has 0 aliphatic heterocycles. The molecule has 0 radical (unpaired) electrons. The molecule has 0 bridgehead atoms. The van der Waals surface area contributed by atoms with Gasteiger partial charge in [-0.3, -0.25) is 4.98 Å². The van der Waals surface area contributed by atoms with Crippen molar-refractivity contribution in [1.82, 2.24) is 15.6 Å². The Morgan fingerprint density at radius 1 is 1.53 bits per heavy atom. The fourth-order valence-corrected chi connectivity index (χ4v) is 1.23. The maximum absolute atomic E-state index is 5.47. The van der Waals surface area contributed by atoms with Gasteiger partial charge in [0.05, 0.1) is 19.3 Å². The molecule has 1 heterocycles. The first kappa shape index (κ1) is 17.5. The molecule has 2 N–H and O–H groups in total. The Morgan fingerprint density at radius 3 is 3.00 bits per heavy atom. The molecule has 19 heavy (non-hydrogen) atoms. The van der Waals surface area contributed by atoms with E-state index in [1.54, 1.807) is 12.4 Å². The Balaban J connectivity index is 0.00000324. The summed E-state index contributed by atoms with van der Waals surface area (Å²) in [4.78, 5) is 8.28. The van der Waals surface area contributed by atoms with E-state index < -0.39 is 0 Å². The maximum atomic E-state index is 5.47. The van der Waals surface area contributed by atoms with Gasteiger partial charge in [0, 0.05) is 12.7 Å². The van der Waals surface area contributed by atoms with Crippen LogP contribution in [0, 0.1) is 12.3 Å². The van der Waals surface area contributed by atoms with E-state index in [-0.39, 0.29) is 24.0 Å². The highest BCUT2D eigenvalue weighted by molar-refractivity contribution is 14.0. The molecule has 1 rings (SSSR count). The molecular weight excluding hydrogens is 355 g/mol. The number of nitrogens with one attached hydrogen (secondary N) is 2. The van der Waals surface area contributed by atoms with Crippen LogP contribution in [0.5, 0.6) is 5.75 Å². The molecular formula is C13H19IN4O. The van der Waals surface area contributed by atoms with Gasteiger partial charge < -0.3 is 15.4 Å². The number of rotatable bonds is 6. The number of halogens is 1. The molecule has 5 nitrogen and oxygen atoms in total. The van der Waals surface area contributed by atoms with Gasteiger partial charge in [0.15, 0.2) is 5.96 Å². The molecule has 0 amide bonds. The van der Waals surface area contributed by atoms with E-state index in [4.69, 9.17) is 11.2 Å². The minimum Gasteiger partial charge on any atom is -0.490 e. The third kappa shape index (κ3) is 8.26. The Bertz CT molecular complexity index is 403. The first-order valence-corrected chi connectivity index (χ1v) is 5.85. The second kappa shape index (κ2) is 11.6. The van der Waals surface area contributed by atoms with E-state index >= 15 is 0 Å². The van der Waals surface area contributed by atoms with Crippen LogP contribution in [0.4, 0.5) is 0 Å². The van der Waals surface area contributed by atoms with E-state index in [9.17, 15) is 0 Å². The normalized spacial score (nSPS) is 10.0. The molecule has 6 heteroatoms. The lowest BCUT2D eigenvalue weighted by Gasteiger charge is -2.09. The van der Waals surface area contributed by atoms with Crippen molar-refractivity contribution in [2.45, 2.75) is 6.92 Å². The third-order valence-corrected chi connectivity index (χ3v) is 1.97. The van der Waals surface area contributed by atoms with Gasteiger partial charge in [0.2, 0.25) is 0 Å². The lowest BCUT2D eigenvalue weighted by molar-refractivity contribution is 0.327. The summed E-state index contributed by atoms with van der Waals surface area (Å²) in [6.45, 7) is 4.29. The van der Waals surface area contributed by atoms with Crippen LogP contribution < -0.4 is 15.4 Å². The van der Waals surface area contributed by atoms with Gasteiger partial charge >= 0.3 is 0 Å². The van der Waals surface area contributed by atoms with Crippen molar-refractivity contribution in [3.05, 3.63) is 24.5 Å². The molecule has 0 aliphatic rings. The van der Waals surface area contributed by atoms with Gasteiger partial charge in [-0.2, -0.15) is 0 Å². The summed E-state index contributed by atoms with van der Waals surface area (Å²) in [5.41, 5.74) is 0. The average Bonchev–Trinajstić information content (AvgIpc) is 2.42. The fourth-order valence-electron chi connectivity index (χ4n) is 1.23. The lowest BCUT2D eigenvalue weighted by Crippen LogP contribution is -2.37. The quantitative estimate of drug-likeness (QED) is 0.259. The summed E-state index contributed by atoms with van der Waals surface area (Å²) in [6.07, 6.45) is 8.56. The summed E-state index contributed by atoms with van der Waals surface area (Å²) >= 11 is 0. The second-order valence-corrected chi connectivity index (χ2v) is 3.36. The van der Waals surface area contributed by atoms with Crippen molar-refractivity contribution in [1.29, 1.82) is 0 Å². The van der Waals surface area contributed by atoms with Crippen molar-refractivity contribution < 1.29 is 4.74 Å². The van der Waals surface area contributed by atoms with Crippen LogP contribution in [-0.4, -0.2) is 37.2 Å². The number of guanidine groups is 1. The smallest absolute Gasteiger partial charge is 0.192 e. The number of aliphatic imine (C=N–C) groups is 1. The van der Waals surface area contributed by atoms with Gasteiger partial charge in [-0.1, -0.05) is 5.92 Å². The highest BCUT2D eigenvalue weighted by Crippen LogP contribution is 2.05. The van der Waals surface area contributed by atoms with Gasteiger partial charge in [-0.25, -0.2) is 4.99 Å². The summed E-state index contributed by atoms with van der Waals surface area (Å²) in [6, 6.07) is 3.69. The van der Waals surface area contributed by atoms with Crippen LogP contribution in [0.2, 0.25) is 0 Å². The van der Waals surface area contributed by atoms with Crippen LogP contribution in [0.15, 0.2) is 29.5 Å². The SMILES string of the molecule is C#CCNC(=NCCOc1cccnc1)NCC.I. The number of terminal acetylenes is 1. The van der Waals surface area contributed by atoms with Gasteiger partial charge in [0.1, 0.15) is 12.4 Å². The zero-order valence-electron chi connectivity index (χ0n) is 10.9. The Kier molecular flexibility index (Phi) is 10.7. The molecule has 0 aliphatic carbocycles. The topological polar surface area (TPSA) is 58.5 Å². The summed E-state index contributed by atoms with van der Waals surface area (Å²) in [5, 5.41) is 6.10. The van der Waals surface area contributed by atoms with E-state index in [0.29, 0.717) is 25.7 Å². The van der Waals surface area contributed by atoms with Crippen molar-refractivity contribution in [3.63, 3.8) is 0 Å².